The van der Waals surface area contributed by atoms with E-state index in [1.807, 2.05) is 35.2 Å². The van der Waals surface area contributed by atoms with E-state index in [1.165, 1.54) is 18.9 Å². The van der Waals surface area contributed by atoms with Gasteiger partial charge >= 0.3 is 5.97 Å². The van der Waals surface area contributed by atoms with E-state index in [9.17, 15) is 4.79 Å². The lowest BCUT2D eigenvalue weighted by Gasteiger charge is -2.05. The summed E-state index contributed by atoms with van der Waals surface area (Å²) in [6.45, 7) is 0. The third-order valence-corrected chi connectivity index (χ3v) is 4.06. The average Bonchev–Trinajstić information content (AvgIpc) is 3.01. The molecule has 0 fully saturated rings. The van der Waals surface area contributed by atoms with Gasteiger partial charge in [0.15, 0.2) is 5.65 Å². The zero-order chi connectivity index (χ0) is 16.2. The Morgan fingerprint density at radius 2 is 2.13 bits per heavy atom. The van der Waals surface area contributed by atoms with Crippen LogP contribution in [0.5, 0.6) is 0 Å². The van der Waals surface area contributed by atoms with Gasteiger partial charge in [0.2, 0.25) is 5.16 Å². The second-order valence-corrected chi connectivity index (χ2v) is 5.73. The van der Waals surface area contributed by atoms with Crippen LogP contribution < -0.4 is 0 Å². The van der Waals surface area contributed by atoms with Crippen LogP contribution in [0, 0.1) is 0 Å². The Morgan fingerprint density at radius 1 is 1.26 bits per heavy atom. The van der Waals surface area contributed by atoms with E-state index in [-0.39, 0.29) is 5.97 Å². The predicted molar refractivity (Wildman–Crippen MR) is 87.8 cm³/mol. The number of esters is 1. The Hall–Kier alpha value is -2.41. The summed E-state index contributed by atoms with van der Waals surface area (Å²) in [6.07, 6.45) is 7.04. The monoisotopic (exact) mass is 328 g/mol. The molecule has 0 aliphatic heterocycles. The minimum atomic E-state index is -0.320. The SMILES string of the molecule is COC(=O)c1cccc(CCc2cnc3cnc(SC)nn23)c1. The van der Waals surface area contributed by atoms with Gasteiger partial charge in [0.25, 0.3) is 0 Å². The van der Waals surface area contributed by atoms with E-state index in [0.717, 1.165) is 29.7 Å². The smallest absolute Gasteiger partial charge is 0.337 e. The predicted octanol–water partition coefficient (Wildman–Crippen LogP) is 2.42. The minimum Gasteiger partial charge on any atom is -0.465 e. The molecule has 2 aromatic heterocycles. The maximum absolute atomic E-state index is 11.6. The van der Waals surface area contributed by atoms with E-state index in [0.29, 0.717) is 10.7 Å². The Kier molecular flexibility index (Phi) is 4.57. The Bertz CT molecular complexity index is 847. The number of hydrogen-bond acceptors (Lipinski definition) is 6. The molecule has 118 valence electrons. The number of aryl methyl sites for hydroxylation is 2. The molecule has 23 heavy (non-hydrogen) atoms. The Balaban J connectivity index is 1.79. The van der Waals surface area contributed by atoms with Crippen LogP contribution in [0.25, 0.3) is 5.65 Å². The van der Waals surface area contributed by atoms with E-state index < -0.39 is 0 Å². The number of methoxy groups -OCH3 is 1. The van der Waals surface area contributed by atoms with Crippen molar-refractivity contribution in [2.75, 3.05) is 13.4 Å². The first kappa shape index (κ1) is 15.5. The molecule has 0 saturated heterocycles. The first-order chi connectivity index (χ1) is 11.2. The molecule has 0 aliphatic rings. The molecule has 0 N–H and O–H groups in total. The topological polar surface area (TPSA) is 69.4 Å². The van der Waals surface area contributed by atoms with E-state index >= 15 is 0 Å². The van der Waals surface area contributed by atoms with Gasteiger partial charge in [-0.15, -0.1) is 5.10 Å². The number of aromatic nitrogens is 4. The number of imidazole rings is 1. The number of carbonyl (C=O) groups is 1. The molecule has 3 aromatic rings. The average molecular weight is 328 g/mol. The summed E-state index contributed by atoms with van der Waals surface area (Å²) >= 11 is 1.50. The molecule has 0 saturated carbocycles. The summed E-state index contributed by atoms with van der Waals surface area (Å²) in [6, 6.07) is 7.47. The number of carbonyl (C=O) groups excluding carboxylic acids is 1. The van der Waals surface area contributed by atoms with Crippen molar-refractivity contribution in [1.82, 2.24) is 19.6 Å². The molecular formula is C16H16N4O2S. The van der Waals surface area contributed by atoms with Crippen LogP contribution in [-0.2, 0) is 17.6 Å². The second-order valence-electron chi connectivity index (χ2n) is 4.96. The molecule has 6 nitrogen and oxygen atoms in total. The Morgan fingerprint density at radius 3 is 2.91 bits per heavy atom. The van der Waals surface area contributed by atoms with Crippen molar-refractivity contribution in [1.29, 1.82) is 0 Å². The van der Waals surface area contributed by atoms with Crippen LogP contribution in [0.3, 0.4) is 0 Å². The second kappa shape index (κ2) is 6.78. The molecule has 0 atom stereocenters. The fraction of sp³-hybridized carbons (Fsp3) is 0.250. The largest absolute Gasteiger partial charge is 0.465 e. The number of hydrogen-bond donors (Lipinski definition) is 0. The van der Waals surface area contributed by atoms with Crippen molar-refractivity contribution in [2.24, 2.45) is 0 Å². The van der Waals surface area contributed by atoms with Crippen molar-refractivity contribution < 1.29 is 9.53 Å². The summed E-state index contributed by atoms with van der Waals surface area (Å²) in [5.41, 5.74) is 3.39. The standard InChI is InChI=1S/C16H16N4O2S/c1-22-15(21)12-5-3-4-11(8-12)6-7-13-9-17-14-10-18-16(23-2)19-20(13)14/h3-5,8-10H,6-7H2,1-2H3. The van der Waals surface area contributed by atoms with Crippen molar-refractivity contribution in [3.63, 3.8) is 0 Å². The highest BCUT2D eigenvalue weighted by atomic mass is 32.2. The van der Waals surface area contributed by atoms with Gasteiger partial charge in [-0.1, -0.05) is 23.9 Å². The molecule has 0 spiro atoms. The van der Waals surface area contributed by atoms with Crippen molar-refractivity contribution in [3.05, 3.63) is 53.5 Å². The number of fused-ring (bicyclic) bond motifs is 1. The molecular weight excluding hydrogens is 312 g/mol. The molecule has 1 aromatic carbocycles. The molecule has 0 bridgehead atoms. The van der Waals surface area contributed by atoms with Crippen molar-refractivity contribution >= 4 is 23.4 Å². The van der Waals surface area contributed by atoms with Gasteiger partial charge in [-0.3, -0.25) is 0 Å². The van der Waals surface area contributed by atoms with E-state index in [4.69, 9.17) is 4.74 Å². The number of ether oxygens (including phenoxy) is 1. The lowest BCUT2D eigenvalue weighted by molar-refractivity contribution is 0.0600. The van der Waals surface area contributed by atoms with Gasteiger partial charge in [-0.25, -0.2) is 19.3 Å². The molecule has 2 heterocycles. The highest BCUT2D eigenvalue weighted by Crippen LogP contribution is 2.13. The van der Waals surface area contributed by atoms with Crippen LogP contribution in [0.15, 0.2) is 41.8 Å². The summed E-state index contributed by atoms with van der Waals surface area (Å²) in [4.78, 5) is 20.1. The fourth-order valence-corrected chi connectivity index (χ4v) is 2.65. The molecule has 0 radical (unpaired) electrons. The van der Waals surface area contributed by atoms with Crippen LogP contribution in [0.2, 0.25) is 0 Å². The van der Waals surface area contributed by atoms with Gasteiger partial charge in [0, 0.05) is 0 Å². The summed E-state index contributed by atoms with van der Waals surface area (Å²) in [5, 5.41) is 5.17. The van der Waals surface area contributed by atoms with Crippen LogP contribution >= 0.6 is 11.8 Å². The maximum Gasteiger partial charge on any atom is 0.337 e. The minimum absolute atomic E-state index is 0.320. The van der Waals surface area contributed by atoms with E-state index in [2.05, 4.69) is 15.1 Å². The number of benzene rings is 1. The lowest BCUT2D eigenvalue weighted by atomic mass is 10.1. The first-order valence-electron chi connectivity index (χ1n) is 7.12. The van der Waals surface area contributed by atoms with Crippen LogP contribution in [0.4, 0.5) is 0 Å². The zero-order valence-electron chi connectivity index (χ0n) is 12.9. The van der Waals surface area contributed by atoms with Crippen LogP contribution in [0.1, 0.15) is 21.6 Å². The molecule has 0 aliphatic carbocycles. The van der Waals surface area contributed by atoms with Gasteiger partial charge in [0.05, 0.1) is 30.8 Å². The number of thioether (sulfide) groups is 1. The third kappa shape index (κ3) is 3.34. The summed E-state index contributed by atoms with van der Waals surface area (Å²) in [5.74, 6) is -0.320. The van der Waals surface area contributed by atoms with Gasteiger partial charge in [0.1, 0.15) is 0 Å². The van der Waals surface area contributed by atoms with Crippen LogP contribution in [-0.4, -0.2) is 38.9 Å². The van der Waals surface area contributed by atoms with Crippen molar-refractivity contribution in [3.8, 4) is 0 Å². The molecule has 0 unspecified atom stereocenters. The molecule has 3 rings (SSSR count). The molecule has 0 amide bonds. The highest BCUT2D eigenvalue weighted by Gasteiger charge is 2.09. The van der Waals surface area contributed by atoms with Gasteiger partial charge < -0.3 is 4.74 Å². The normalized spacial score (nSPS) is 10.9. The Labute approximate surface area is 137 Å². The third-order valence-electron chi connectivity index (χ3n) is 3.51. The maximum atomic E-state index is 11.6. The zero-order valence-corrected chi connectivity index (χ0v) is 13.7. The lowest BCUT2D eigenvalue weighted by Crippen LogP contribution is -2.04. The number of nitrogens with zero attached hydrogens (tertiary/aromatic N) is 4. The summed E-state index contributed by atoms with van der Waals surface area (Å²) < 4.78 is 6.57. The van der Waals surface area contributed by atoms with E-state index in [1.54, 1.807) is 12.3 Å². The first-order valence-corrected chi connectivity index (χ1v) is 8.34. The quantitative estimate of drug-likeness (QED) is 0.529. The van der Waals surface area contributed by atoms with Crippen molar-refractivity contribution in [2.45, 2.75) is 18.0 Å². The molecule has 7 heteroatoms. The van der Waals surface area contributed by atoms with Gasteiger partial charge in [-0.05, 0) is 36.8 Å². The summed E-state index contributed by atoms with van der Waals surface area (Å²) in [7, 11) is 1.39. The number of rotatable bonds is 5. The van der Waals surface area contributed by atoms with Gasteiger partial charge in [-0.2, -0.15) is 0 Å². The highest BCUT2D eigenvalue weighted by molar-refractivity contribution is 7.98. The fourth-order valence-electron chi connectivity index (χ4n) is 2.33.